The van der Waals surface area contributed by atoms with Gasteiger partial charge in [-0.2, -0.15) is 0 Å². The molecule has 0 aliphatic carbocycles. The summed E-state index contributed by atoms with van der Waals surface area (Å²) in [6, 6.07) is 1.20. The number of hydrogen-bond donors (Lipinski definition) is 0. The number of esters is 1. The molecule has 0 spiro atoms. The van der Waals surface area contributed by atoms with Gasteiger partial charge in [0.2, 0.25) is 0 Å². The molecule has 0 N–H and O–H groups in total. The Hall–Kier alpha value is -1.59. The van der Waals surface area contributed by atoms with Gasteiger partial charge in [-0.15, -0.1) is 0 Å². The standard InChI is InChI=1S/C10H8F4O2/c1-2-16-10(15)7-6(11)4-3-5(8(7)12)9(13)14/h3-4,9H,2H2,1H3. The van der Waals surface area contributed by atoms with Crippen LogP contribution in [0.2, 0.25) is 0 Å². The Bertz CT molecular complexity index is 404. The van der Waals surface area contributed by atoms with E-state index in [1.54, 1.807) is 0 Å². The Morgan fingerprint density at radius 3 is 2.50 bits per heavy atom. The van der Waals surface area contributed by atoms with E-state index in [0.29, 0.717) is 12.1 Å². The molecule has 0 atom stereocenters. The second-order valence-electron chi connectivity index (χ2n) is 2.85. The van der Waals surface area contributed by atoms with E-state index in [0.717, 1.165) is 0 Å². The van der Waals surface area contributed by atoms with Crippen molar-refractivity contribution in [3.8, 4) is 0 Å². The fourth-order valence-corrected chi connectivity index (χ4v) is 1.13. The van der Waals surface area contributed by atoms with Crippen molar-refractivity contribution in [2.24, 2.45) is 0 Å². The number of halogens is 4. The Morgan fingerprint density at radius 1 is 1.38 bits per heavy atom. The zero-order valence-corrected chi connectivity index (χ0v) is 8.27. The highest BCUT2D eigenvalue weighted by molar-refractivity contribution is 5.90. The summed E-state index contributed by atoms with van der Waals surface area (Å²) in [7, 11) is 0. The van der Waals surface area contributed by atoms with Crippen LogP contribution in [0.3, 0.4) is 0 Å². The third-order valence-electron chi connectivity index (χ3n) is 1.84. The predicted octanol–water partition coefficient (Wildman–Crippen LogP) is 3.08. The van der Waals surface area contributed by atoms with Crippen LogP contribution in [-0.2, 0) is 4.74 Å². The van der Waals surface area contributed by atoms with Crippen molar-refractivity contribution in [2.75, 3.05) is 6.61 Å². The van der Waals surface area contributed by atoms with Crippen molar-refractivity contribution in [3.05, 3.63) is 34.9 Å². The second-order valence-corrected chi connectivity index (χ2v) is 2.85. The summed E-state index contributed by atoms with van der Waals surface area (Å²) in [5.74, 6) is -4.09. The number of rotatable bonds is 3. The van der Waals surface area contributed by atoms with Gasteiger partial charge >= 0.3 is 5.97 Å². The van der Waals surface area contributed by atoms with Crippen molar-refractivity contribution in [3.63, 3.8) is 0 Å². The maximum absolute atomic E-state index is 13.3. The topological polar surface area (TPSA) is 26.3 Å². The average molecular weight is 236 g/mol. The molecule has 16 heavy (non-hydrogen) atoms. The third kappa shape index (κ3) is 2.32. The molecule has 0 aliphatic heterocycles. The van der Waals surface area contributed by atoms with Crippen molar-refractivity contribution in [1.82, 2.24) is 0 Å². The minimum Gasteiger partial charge on any atom is -0.462 e. The number of ether oxygens (including phenoxy) is 1. The first-order valence-corrected chi connectivity index (χ1v) is 4.42. The highest BCUT2D eigenvalue weighted by Crippen LogP contribution is 2.26. The number of hydrogen-bond acceptors (Lipinski definition) is 2. The van der Waals surface area contributed by atoms with E-state index in [4.69, 9.17) is 0 Å². The lowest BCUT2D eigenvalue weighted by atomic mass is 10.1. The van der Waals surface area contributed by atoms with Gasteiger partial charge in [0.1, 0.15) is 17.2 Å². The van der Waals surface area contributed by atoms with E-state index in [9.17, 15) is 22.4 Å². The summed E-state index contributed by atoms with van der Waals surface area (Å²) >= 11 is 0. The van der Waals surface area contributed by atoms with Gasteiger partial charge < -0.3 is 4.74 Å². The minimum atomic E-state index is -3.12. The van der Waals surface area contributed by atoms with Gasteiger partial charge in [-0.05, 0) is 19.1 Å². The molecule has 0 aromatic heterocycles. The highest BCUT2D eigenvalue weighted by Gasteiger charge is 2.24. The summed E-state index contributed by atoms with van der Waals surface area (Å²) in [6.45, 7) is 1.33. The number of carbonyl (C=O) groups is 1. The molecule has 0 amide bonds. The monoisotopic (exact) mass is 236 g/mol. The lowest BCUT2D eigenvalue weighted by Crippen LogP contribution is -2.12. The first-order chi connectivity index (χ1) is 7.49. The van der Waals surface area contributed by atoms with Gasteiger partial charge in [-0.1, -0.05) is 0 Å². The summed E-state index contributed by atoms with van der Waals surface area (Å²) < 4.78 is 55.3. The van der Waals surface area contributed by atoms with Crippen LogP contribution < -0.4 is 0 Å². The summed E-state index contributed by atoms with van der Waals surface area (Å²) in [5.41, 5.74) is -2.11. The van der Waals surface area contributed by atoms with E-state index in [1.807, 2.05) is 0 Å². The SMILES string of the molecule is CCOC(=O)c1c(F)ccc(C(F)F)c1F. The largest absolute Gasteiger partial charge is 0.462 e. The summed E-state index contributed by atoms with van der Waals surface area (Å²) in [6.07, 6.45) is -3.12. The molecule has 0 heterocycles. The quantitative estimate of drug-likeness (QED) is 0.595. The van der Waals surface area contributed by atoms with Crippen molar-refractivity contribution in [2.45, 2.75) is 13.3 Å². The van der Waals surface area contributed by atoms with Crippen molar-refractivity contribution >= 4 is 5.97 Å². The molecular weight excluding hydrogens is 228 g/mol. The zero-order valence-electron chi connectivity index (χ0n) is 8.27. The predicted molar refractivity (Wildman–Crippen MR) is 47.3 cm³/mol. The van der Waals surface area contributed by atoms with E-state index >= 15 is 0 Å². The second kappa shape index (κ2) is 4.96. The van der Waals surface area contributed by atoms with Gasteiger partial charge in [0.15, 0.2) is 0 Å². The van der Waals surface area contributed by atoms with Crippen LogP contribution in [0.4, 0.5) is 17.6 Å². The smallest absolute Gasteiger partial charge is 0.344 e. The summed E-state index contributed by atoms with van der Waals surface area (Å²) in [5, 5.41) is 0. The molecule has 0 radical (unpaired) electrons. The van der Waals surface area contributed by atoms with Crippen LogP contribution in [-0.4, -0.2) is 12.6 Å². The third-order valence-corrected chi connectivity index (χ3v) is 1.84. The van der Waals surface area contributed by atoms with Crippen LogP contribution in [0.1, 0.15) is 29.3 Å². The van der Waals surface area contributed by atoms with Gasteiger partial charge in [-0.3, -0.25) is 0 Å². The van der Waals surface area contributed by atoms with Gasteiger partial charge in [0.25, 0.3) is 6.43 Å². The first-order valence-electron chi connectivity index (χ1n) is 4.42. The Morgan fingerprint density at radius 2 is 2.00 bits per heavy atom. The normalized spacial score (nSPS) is 10.6. The molecule has 0 saturated carbocycles. The highest BCUT2D eigenvalue weighted by atomic mass is 19.3. The van der Waals surface area contributed by atoms with Crippen molar-refractivity contribution < 1.29 is 27.1 Å². The molecule has 1 aromatic carbocycles. The zero-order chi connectivity index (χ0) is 12.3. The average Bonchev–Trinajstić information content (AvgIpc) is 2.17. The van der Waals surface area contributed by atoms with Crippen LogP contribution in [0.5, 0.6) is 0 Å². The van der Waals surface area contributed by atoms with Crippen LogP contribution in [0.15, 0.2) is 12.1 Å². The fraction of sp³-hybridized carbons (Fsp3) is 0.300. The van der Waals surface area contributed by atoms with Gasteiger partial charge in [-0.25, -0.2) is 22.4 Å². The van der Waals surface area contributed by atoms with E-state index < -0.39 is 35.2 Å². The van der Waals surface area contributed by atoms with Crippen LogP contribution >= 0.6 is 0 Å². The van der Waals surface area contributed by atoms with E-state index in [1.165, 1.54) is 6.92 Å². The Balaban J connectivity index is 3.26. The molecule has 0 fully saturated rings. The van der Waals surface area contributed by atoms with E-state index in [-0.39, 0.29) is 6.61 Å². The molecule has 0 saturated heterocycles. The maximum Gasteiger partial charge on any atom is 0.344 e. The van der Waals surface area contributed by atoms with E-state index in [2.05, 4.69) is 4.74 Å². The number of carbonyl (C=O) groups excluding carboxylic acids is 1. The van der Waals surface area contributed by atoms with Gasteiger partial charge in [0, 0.05) is 0 Å². The van der Waals surface area contributed by atoms with Crippen molar-refractivity contribution in [1.29, 1.82) is 0 Å². The molecule has 0 bridgehead atoms. The first kappa shape index (κ1) is 12.5. The maximum atomic E-state index is 13.3. The molecule has 0 unspecified atom stereocenters. The fourth-order valence-electron chi connectivity index (χ4n) is 1.13. The Labute approximate surface area is 88.8 Å². The van der Waals surface area contributed by atoms with Crippen LogP contribution in [0, 0.1) is 11.6 Å². The number of alkyl halides is 2. The lowest BCUT2D eigenvalue weighted by molar-refractivity contribution is 0.0514. The Kier molecular flexibility index (Phi) is 3.87. The molecule has 2 nitrogen and oxygen atoms in total. The lowest BCUT2D eigenvalue weighted by Gasteiger charge is -2.08. The molecule has 1 aromatic rings. The van der Waals surface area contributed by atoms with Crippen LogP contribution in [0.25, 0.3) is 0 Å². The molecule has 1 rings (SSSR count). The molecule has 88 valence electrons. The number of benzene rings is 1. The molecule has 0 aliphatic rings. The minimum absolute atomic E-state index is 0.101. The molecule has 6 heteroatoms. The van der Waals surface area contributed by atoms with Gasteiger partial charge in [0.05, 0.1) is 12.2 Å². The molecular formula is C10H8F4O2. The summed E-state index contributed by atoms with van der Waals surface area (Å²) in [4.78, 5) is 11.1.